The minimum Gasteiger partial charge on any atom is -0.457 e. The van der Waals surface area contributed by atoms with Gasteiger partial charge in [0, 0.05) is 16.4 Å². The average Bonchev–Trinajstić information content (AvgIpc) is 3.02. The zero-order valence-corrected chi connectivity index (χ0v) is 15.1. The molecule has 0 aromatic carbocycles. The smallest absolute Gasteiger partial charge is 0.333 e. The Morgan fingerprint density at radius 3 is 2.57 bits per heavy atom. The highest BCUT2D eigenvalue weighted by atomic mass is 16.5. The Hall–Kier alpha value is -1.38. The molecule has 3 aliphatic carbocycles. The van der Waals surface area contributed by atoms with Crippen LogP contribution in [0.5, 0.6) is 0 Å². The van der Waals surface area contributed by atoms with E-state index in [9.17, 15) is 9.59 Å². The van der Waals surface area contributed by atoms with Crippen LogP contribution < -0.4 is 0 Å². The maximum Gasteiger partial charge on any atom is 0.333 e. The Morgan fingerprint density at radius 2 is 1.96 bits per heavy atom. The third-order valence-corrected chi connectivity index (χ3v) is 7.28. The molecule has 0 radical (unpaired) electrons. The van der Waals surface area contributed by atoms with E-state index in [1.807, 2.05) is 13.8 Å². The zero-order valence-electron chi connectivity index (χ0n) is 15.1. The molecule has 0 heterocycles. The maximum atomic E-state index is 12.9. The van der Waals surface area contributed by atoms with Gasteiger partial charge in [0.1, 0.15) is 6.10 Å². The van der Waals surface area contributed by atoms with Crippen molar-refractivity contribution in [2.45, 2.75) is 60.5 Å². The summed E-state index contributed by atoms with van der Waals surface area (Å²) in [5, 5.41) is 0. The van der Waals surface area contributed by atoms with E-state index in [0.29, 0.717) is 17.4 Å². The van der Waals surface area contributed by atoms with Crippen molar-refractivity contribution < 1.29 is 14.3 Å². The Labute approximate surface area is 139 Å². The van der Waals surface area contributed by atoms with Gasteiger partial charge in [-0.3, -0.25) is 4.79 Å². The van der Waals surface area contributed by atoms with E-state index in [0.717, 1.165) is 12.8 Å². The van der Waals surface area contributed by atoms with Crippen LogP contribution in [-0.2, 0) is 14.3 Å². The summed E-state index contributed by atoms with van der Waals surface area (Å²) >= 11 is 0. The van der Waals surface area contributed by atoms with E-state index in [4.69, 9.17) is 4.74 Å². The third kappa shape index (κ3) is 1.71. The van der Waals surface area contributed by atoms with Gasteiger partial charge in [-0.25, -0.2) is 4.79 Å². The van der Waals surface area contributed by atoms with Crippen LogP contribution >= 0.6 is 0 Å². The molecule has 0 aliphatic heterocycles. The topological polar surface area (TPSA) is 43.4 Å². The molecule has 0 aromatic heterocycles. The molecule has 23 heavy (non-hydrogen) atoms. The highest BCUT2D eigenvalue weighted by Crippen LogP contribution is 2.75. The van der Waals surface area contributed by atoms with E-state index in [1.54, 1.807) is 19.1 Å². The highest BCUT2D eigenvalue weighted by Gasteiger charge is 2.77. The summed E-state index contributed by atoms with van der Waals surface area (Å²) in [6.45, 7) is 12.2. The molecule has 2 saturated carbocycles. The standard InChI is InChI=1S/C20H28O3/c1-7-12(2)16(22)23-17-18(4,5)14-9-8-13(3)20(14)11-10-15(21)19(17,20)6/h7,10-11,13-14,17H,8-9H2,1-6H3/b12-7-/t13-,14+,17+,19+,20+/m1/s1. The first kappa shape index (κ1) is 16.5. The number of esters is 1. The fourth-order valence-electron chi connectivity index (χ4n) is 6.02. The van der Waals surface area contributed by atoms with Gasteiger partial charge in [-0.05, 0) is 51.5 Å². The van der Waals surface area contributed by atoms with Gasteiger partial charge in [0.2, 0.25) is 0 Å². The summed E-state index contributed by atoms with van der Waals surface area (Å²) in [7, 11) is 0. The number of hydrogen-bond donors (Lipinski definition) is 0. The quantitative estimate of drug-likeness (QED) is 0.569. The van der Waals surface area contributed by atoms with Crippen molar-refractivity contribution in [3.63, 3.8) is 0 Å². The molecule has 0 saturated heterocycles. The molecule has 3 nitrogen and oxygen atoms in total. The molecule has 3 rings (SSSR count). The Balaban J connectivity index is 2.10. The molecule has 0 N–H and O–H groups in total. The highest BCUT2D eigenvalue weighted by molar-refractivity contribution is 6.00. The Bertz CT molecular complexity index is 627. The lowest BCUT2D eigenvalue weighted by Crippen LogP contribution is -2.49. The van der Waals surface area contributed by atoms with Gasteiger partial charge in [-0.2, -0.15) is 0 Å². The lowest BCUT2D eigenvalue weighted by atomic mass is 9.61. The predicted octanol–water partition coefficient (Wildman–Crippen LogP) is 4.08. The van der Waals surface area contributed by atoms with Gasteiger partial charge < -0.3 is 4.74 Å². The number of allylic oxidation sites excluding steroid dienone is 3. The fraction of sp³-hybridized carbons (Fsp3) is 0.700. The second-order valence-electron chi connectivity index (χ2n) is 8.44. The van der Waals surface area contributed by atoms with Crippen molar-refractivity contribution in [2.24, 2.45) is 28.1 Å². The summed E-state index contributed by atoms with van der Waals surface area (Å²) in [4.78, 5) is 25.3. The summed E-state index contributed by atoms with van der Waals surface area (Å²) in [5.74, 6) is 0.638. The lowest BCUT2D eigenvalue weighted by molar-refractivity contribution is -0.162. The first-order valence-electron chi connectivity index (χ1n) is 8.71. The normalized spacial score (nSPS) is 44.3. The van der Waals surface area contributed by atoms with Gasteiger partial charge in [0.15, 0.2) is 5.78 Å². The summed E-state index contributed by atoms with van der Waals surface area (Å²) < 4.78 is 5.98. The van der Waals surface area contributed by atoms with E-state index in [1.165, 1.54) is 0 Å². The molecule has 0 aromatic rings. The van der Waals surface area contributed by atoms with E-state index in [2.05, 4.69) is 26.8 Å². The van der Waals surface area contributed by atoms with Crippen LogP contribution in [0.4, 0.5) is 0 Å². The zero-order chi connectivity index (χ0) is 17.2. The third-order valence-electron chi connectivity index (χ3n) is 7.28. The number of carbonyl (C=O) groups is 2. The average molecular weight is 316 g/mol. The Morgan fingerprint density at radius 1 is 1.30 bits per heavy atom. The van der Waals surface area contributed by atoms with Crippen LogP contribution in [0.1, 0.15) is 54.4 Å². The second-order valence-corrected chi connectivity index (χ2v) is 8.44. The number of carbonyl (C=O) groups excluding carboxylic acids is 2. The van der Waals surface area contributed by atoms with Gasteiger partial charge >= 0.3 is 5.97 Å². The van der Waals surface area contributed by atoms with Gasteiger partial charge in [-0.1, -0.05) is 32.9 Å². The molecular formula is C20H28O3. The SMILES string of the molecule is C/C=C(/C)C(=O)O[C@H]1C(C)(C)[C@@H]2CC[C@@H](C)[C@@]23C=CC(=O)[C@@]13C. The van der Waals surface area contributed by atoms with Crippen molar-refractivity contribution in [3.8, 4) is 0 Å². The van der Waals surface area contributed by atoms with E-state index < -0.39 is 5.41 Å². The van der Waals surface area contributed by atoms with Crippen molar-refractivity contribution in [2.75, 3.05) is 0 Å². The molecule has 3 heteroatoms. The van der Waals surface area contributed by atoms with Crippen molar-refractivity contribution in [1.82, 2.24) is 0 Å². The second kappa shape index (κ2) is 4.81. The minimum absolute atomic E-state index is 0.123. The number of ketones is 1. The van der Waals surface area contributed by atoms with Crippen LogP contribution in [0.2, 0.25) is 0 Å². The molecule has 3 aliphatic rings. The molecule has 2 fully saturated rings. The van der Waals surface area contributed by atoms with Gasteiger partial charge in [0.25, 0.3) is 0 Å². The molecule has 0 amide bonds. The number of rotatable bonds is 2. The first-order valence-corrected chi connectivity index (χ1v) is 8.71. The summed E-state index contributed by atoms with van der Waals surface area (Å²) in [5.41, 5.74) is -0.408. The largest absolute Gasteiger partial charge is 0.457 e. The van der Waals surface area contributed by atoms with Crippen molar-refractivity contribution in [3.05, 3.63) is 23.8 Å². The molecule has 0 bridgehead atoms. The molecule has 1 spiro atoms. The first-order chi connectivity index (χ1) is 10.6. The number of ether oxygens (including phenoxy) is 1. The van der Waals surface area contributed by atoms with Crippen LogP contribution in [0.15, 0.2) is 23.8 Å². The van der Waals surface area contributed by atoms with Gasteiger partial charge in [0.05, 0.1) is 5.41 Å². The van der Waals surface area contributed by atoms with E-state index in [-0.39, 0.29) is 28.7 Å². The van der Waals surface area contributed by atoms with Crippen LogP contribution in [0.25, 0.3) is 0 Å². The molecule has 126 valence electrons. The van der Waals surface area contributed by atoms with E-state index >= 15 is 0 Å². The lowest BCUT2D eigenvalue weighted by Gasteiger charge is -2.42. The summed E-state index contributed by atoms with van der Waals surface area (Å²) in [6.07, 6.45) is 7.50. The molecule has 5 atom stereocenters. The maximum absolute atomic E-state index is 12.9. The number of hydrogen-bond acceptors (Lipinski definition) is 3. The van der Waals surface area contributed by atoms with Crippen LogP contribution in [0, 0.1) is 28.1 Å². The Kier molecular flexibility index (Phi) is 3.45. The monoisotopic (exact) mass is 316 g/mol. The molecular weight excluding hydrogens is 288 g/mol. The van der Waals surface area contributed by atoms with Gasteiger partial charge in [-0.15, -0.1) is 0 Å². The van der Waals surface area contributed by atoms with Crippen LogP contribution in [0.3, 0.4) is 0 Å². The minimum atomic E-state index is -0.638. The van der Waals surface area contributed by atoms with Crippen molar-refractivity contribution >= 4 is 11.8 Å². The fourth-order valence-corrected chi connectivity index (χ4v) is 6.02. The summed E-state index contributed by atoms with van der Waals surface area (Å²) in [6, 6.07) is 0. The predicted molar refractivity (Wildman–Crippen MR) is 89.7 cm³/mol. The van der Waals surface area contributed by atoms with Crippen molar-refractivity contribution in [1.29, 1.82) is 0 Å². The molecule has 0 unspecified atom stereocenters. The van der Waals surface area contributed by atoms with Crippen LogP contribution in [-0.4, -0.2) is 17.9 Å².